The van der Waals surface area contributed by atoms with E-state index >= 15 is 0 Å². The lowest BCUT2D eigenvalue weighted by atomic mass is 9.87. The molecule has 1 aliphatic heterocycles. The van der Waals surface area contributed by atoms with E-state index in [1.54, 1.807) is 31.4 Å². The Kier molecular flexibility index (Phi) is 6.34. The van der Waals surface area contributed by atoms with Gasteiger partial charge in [0.2, 0.25) is 11.8 Å². The molecule has 1 atom stereocenters. The van der Waals surface area contributed by atoms with Crippen molar-refractivity contribution >= 4 is 23.2 Å². The molecule has 6 heteroatoms. The maximum atomic E-state index is 12.6. The second-order valence-corrected chi connectivity index (χ2v) is 6.82. The molecule has 1 unspecified atom stereocenters. The molecule has 0 radical (unpaired) electrons. The van der Waals surface area contributed by atoms with Crippen LogP contribution in [0.5, 0.6) is 0 Å². The highest BCUT2D eigenvalue weighted by Gasteiger charge is 2.41. The quantitative estimate of drug-likeness (QED) is 0.715. The summed E-state index contributed by atoms with van der Waals surface area (Å²) in [6, 6.07) is 7.19. The van der Waals surface area contributed by atoms with Crippen molar-refractivity contribution in [3.05, 3.63) is 24.3 Å². The second-order valence-electron chi connectivity index (χ2n) is 6.82. The summed E-state index contributed by atoms with van der Waals surface area (Å²) in [5.41, 5.74) is 0.927. The molecule has 6 nitrogen and oxygen atoms in total. The van der Waals surface area contributed by atoms with Crippen molar-refractivity contribution in [2.75, 3.05) is 37.4 Å². The lowest BCUT2D eigenvalue weighted by Gasteiger charge is -2.26. The summed E-state index contributed by atoms with van der Waals surface area (Å²) >= 11 is 0. The smallest absolute Gasteiger partial charge is 0.234 e. The Labute approximate surface area is 143 Å². The van der Waals surface area contributed by atoms with Gasteiger partial charge in [-0.05, 0) is 43.1 Å². The van der Waals surface area contributed by atoms with Crippen LogP contribution in [0, 0.1) is 11.3 Å². The fourth-order valence-electron chi connectivity index (χ4n) is 2.89. The molecule has 3 N–H and O–H groups in total. The zero-order chi connectivity index (χ0) is 17.6. The molecule has 0 spiro atoms. The number of methoxy groups -OCH3 is 1. The topological polar surface area (TPSA) is 79.5 Å². The van der Waals surface area contributed by atoms with Gasteiger partial charge in [0.05, 0.1) is 12.0 Å². The minimum absolute atomic E-state index is 0.00198. The number of benzene rings is 1. The number of rotatable bonds is 7. The number of ether oxygens (including phenoxy) is 1. The molecule has 0 saturated carbocycles. The molecule has 0 aliphatic carbocycles. The Morgan fingerprint density at radius 2 is 1.83 bits per heavy atom. The lowest BCUT2D eigenvalue weighted by Crippen LogP contribution is -2.41. The van der Waals surface area contributed by atoms with Crippen LogP contribution in [0.2, 0.25) is 0 Å². The first-order valence-corrected chi connectivity index (χ1v) is 8.36. The van der Waals surface area contributed by atoms with Crippen LogP contribution in [0.1, 0.15) is 26.7 Å². The molecule has 0 bridgehead atoms. The van der Waals surface area contributed by atoms with Gasteiger partial charge >= 0.3 is 0 Å². The van der Waals surface area contributed by atoms with Crippen LogP contribution in [-0.4, -0.2) is 38.6 Å². The van der Waals surface area contributed by atoms with E-state index in [-0.39, 0.29) is 11.8 Å². The van der Waals surface area contributed by atoms with Gasteiger partial charge < -0.3 is 20.7 Å². The molecule has 1 fully saturated rings. The lowest BCUT2D eigenvalue weighted by molar-refractivity contribution is -0.127. The number of hydrogen-bond donors (Lipinski definition) is 3. The monoisotopic (exact) mass is 333 g/mol. The van der Waals surface area contributed by atoms with Gasteiger partial charge in [0.25, 0.3) is 0 Å². The van der Waals surface area contributed by atoms with Crippen LogP contribution >= 0.6 is 0 Å². The van der Waals surface area contributed by atoms with Crippen molar-refractivity contribution in [2.45, 2.75) is 26.7 Å². The van der Waals surface area contributed by atoms with Crippen LogP contribution < -0.4 is 16.0 Å². The van der Waals surface area contributed by atoms with E-state index in [9.17, 15) is 9.59 Å². The summed E-state index contributed by atoms with van der Waals surface area (Å²) in [5, 5.41) is 9.03. The molecule has 2 rings (SSSR count). The largest absolute Gasteiger partial charge is 0.384 e. The van der Waals surface area contributed by atoms with Crippen LogP contribution in [-0.2, 0) is 14.3 Å². The number of amides is 2. The highest BCUT2D eigenvalue weighted by molar-refractivity contribution is 5.96. The summed E-state index contributed by atoms with van der Waals surface area (Å²) < 4.78 is 5.23. The summed E-state index contributed by atoms with van der Waals surface area (Å²) in [4.78, 5) is 24.4. The van der Waals surface area contributed by atoms with E-state index in [1.165, 1.54) is 0 Å². The summed E-state index contributed by atoms with van der Waals surface area (Å²) in [5.74, 6) is 0.282. The highest BCUT2D eigenvalue weighted by Crippen LogP contribution is 2.28. The van der Waals surface area contributed by atoms with E-state index in [0.717, 1.165) is 18.7 Å². The van der Waals surface area contributed by atoms with Crippen molar-refractivity contribution in [2.24, 2.45) is 11.3 Å². The zero-order valence-corrected chi connectivity index (χ0v) is 14.6. The van der Waals surface area contributed by atoms with Crippen molar-refractivity contribution in [1.29, 1.82) is 0 Å². The maximum absolute atomic E-state index is 12.6. The van der Waals surface area contributed by atoms with Crippen molar-refractivity contribution in [3.8, 4) is 0 Å². The Hall–Kier alpha value is -1.92. The van der Waals surface area contributed by atoms with Crippen LogP contribution in [0.3, 0.4) is 0 Å². The van der Waals surface area contributed by atoms with Gasteiger partial charge in [0, 0.05) is 31.5 Å². The summed E-state index contributed by atoms with van der Waals surface area (Å²) in [6.45, 7) is 5.85. The molecular weight excluding hydrogens is 306 g/mol. The van der Waals surface area contributed by atoms with E-state index in [4.69, 9.17) is 4.74 Å². The van der Waals surface area contributed by atoms with Gasteiger partial charge in [-0.2, -0.15) is 0 Å². The first-order valence-electron chi connectivity index (χ1n) is 8.36. The molecule has 1 aromatic rings. The third-order valence-corrected chi connectivity index (χ3v) is 4.17. The first-order chi connectivity index (χ1) is 11.4. The molecule has 2 amide bonds. The minimum atomic E-state index is -0.515. The second kappa shape index (κ2) is 8.26. The molecule has 1 aliphatic rings. The molecule has 1 heterocycles. The van der Waals surface area contributed by atoms with Crippen LogP contribution in [0.15, 0.2) is 24.3 Å². The third kappa shape index (κ3) is 4.79. The predicted octanol–water partition coefficient (Wildman–Crippen LogP) is 2.24. The molecule has 1 aromatic carbocycles. The number of anilines is 2. The Bertz CT molecular complexity index is 563. The fourth-order valence-corrected chi connectivity index (χ4v) is 2.89. The van der Waals surface area contributed by atoms with Crippen LogP contribution in [0.25, 0.3) is 0 Å². The van der Waals surface area contributed by atoms with E-state index < -0.39 is 5.41 Å². The first kappa shape index (κ1) is 18.4. The SMILES string of the molecule is COCC1(C(=O)Nc2ccc(NC(=O)CC(C)C)cc2)CCNC1. The van der Waals surface area contributed by atoms with E-state index in [1.807, 2.05) is 13.8 Å². The Morgan fingerprint density at radius 1 is 1.21 bits per heavy atom. The van der Waals surface area contributed by atoms with Gasteiger partial charge in [-0.15, -0.1) is 0 Å². The normalized spacial score (nSPS) is 20.2. The average molecular weight is 333 g/mol. The number of hydrogen-bond acceptors (Lipinski definition) is 4. The van der Waals surface area contributed by atoms with E-state index in [0.29, 0.717) is 31.2 Å². The minimum Gasteiger partial charge on any atom is -0.384 e. The molecule has 0 aromatic heterocycles. The molecule has 24 heavy (non-hydrogen) atoms. The van der Waals surface area contributed by atoms with Gasteiger partial charge in [-0.25, -0.2) is 0 Å². The maximum Gasteiger partial charge on any atom is 0.234 e. The number of carbonyl (C=O) groups excluding carboxylic acids is 2. The number of nitrogens with one attached hydrogen (secondary N) is 3. The molecule has 1 saturated heterocycles. The van der Waals surface area contributed by atoms with E-state index in [2.05, 4.69) is 16.0 Å². The zero-order valence-electron chi connectivity index (χ0n) is 14.6. The number of carbonyl (C=O) groups is 2. The van der Waals surface area contributed by atoms with Crippen molar-refractivity contribution in [3.63, 3.8) is 0 Å². The summed E-state index contributed by atoms with van der Waals surface area (Å²) in [7, 11) is 1.61. The van der Waals surface area contributed by atoms with Crippen molar-refractivity contribution < 1.29 is 14.3 Å². The van der Waals surface area contributed by atoms with Crippen molar-refractivity contribution in [1.82, 2.24) is 5.32 Å². The molecule has 132 valence electrons. The van der Waals surface area contributed by atoms with Crippen LogP contribution in [0.4, 0.5) is 11.4 Å². The van der Waals surface area contributed by atoms with Gasteiger partial charge in [-0.3, -0.25) is 9.59 Å². The van der Waals surface area contributed by atoms with Gasteiger partial charge in [-0.1, -0.05) is 13.8 Å². The van der Waals surface area contributed by atoms with Gasteiger partial charge in [0.1, 0.15) is 0 Å². The predicted molar refractivity (Wildman–Crippen MR) is 95.0 cm³/mol. The Morgan fingerprint density at radius 3 is 2.33 bits per heavy atom. The Balaban J connectivity index is 1.95. The highest BCUT2D eigenvalue weighted by atomic mass is 16.5. The molecular formula is C18H27N3O3. The standard InChI is InChI=1S/C18H27N3O3/c1-13(2)10-16(22)20-14-4-6-15(7-5-14)21-17(23)18(12-24-3)8-9-19-11-18/h4-7,13,19H,8-12H2,1-3H3,(H,20,22)(H,21,23). The van der Waals surface area contributed by atoms with Gasteiger partial charge in [0.15, 0.2) is 0 Å². The summed E-state index contributed by atoms with van der Waals surface area (Å²) in [6.07, 6.45) is 1.25. The fraction of sp³-hybridized carbons (Fsp3) is 0.556. The third-order valence-electron chi connectivity index (χ3n) is 4.17. The average Bonchev–Trinajstić information content (AvgIpc) is 2.98.